The Hall–Kier alpha value is -2.53. The van der Waals surface area contributed by atoms with Crippen molar-refractivity contribution < 1.29 is 14.3 Å². The zero-order valence-electron chi connectivity index (χ0n) is 13.9. The highest BCUT2D eigenvalue weighted by atomic mass is 35.5. The first-order valence-corrected chi connectivity index (χ1v) is 8.43. The van der Waals surface area contributed by atoms with Gasteiger partial charge in [0.05, 0.1) is 7.11 Å². The Kier molecular flexibility index (Phi) is 5.24. The van der Waals surface area contributed by atoms with Gasteiger partial charge in [-0.25, -0.2) is 0 Å². The van der Waals surface area contributed by atoms with E-state index in [0.717, 1.165) is 11.4 Å². The first-order valence-electron chi connectivity index (χ1n) is 8.05. The number of nitrogens with zero attached hydrogens (tertiary/aromatic N) is 1. The van der Waals surface area contributed by atoms with E-state index >= 15 is 0 Å². The number of ether oxygens (including phenoxy) is 1. The van der Waals surface area contributed by atoms with E-state index in [1.807, 2.05) is 24.3 Å². The van der Waals surface area contributed by atoms with Crippen LogP contribution in [0.1, 0.15) is 16.8 Å². The summed E-state index contributed by atoms with van der Waals surface area (Å²) in [5.41, 5.74) is 1.40. The van der Waals surface area contributed by atoms with Crippen LogP contribution in [0.2, 0.25) is 5.02 Å². The number of methoxy groups -OCH3 is 1. The fourth-order valence-corrected chi connectivity index (χ4v) is 3.00. The fourth-order valence-electron chi connectivity index (χ4n) is 2.87. The van der Waals surface area contributed by atoms with Crippen LogP contribution in [0.4, 0.5) is 5.69 Å². The molecule has 0 bridgehead atoms. The maximum Gasteiger partial charge on any atom is 0.251 e. The van der Waals surface area contributed by atoms with E-state index in [1.165, 1.54) is 0 Å². The number of rotatable bonds is 5. The van der Waals surface area contributed by atoms with Gasteiger partial charge in [-0.3, -0.25) is 9.59 Å². The molecule has 1 fully saturated rings. The molecule has 1 atom stereocenters. The van der Waals surface area contributed by atoms with Gasteiger partial charge in [0.15, 0.2) is 0 Å². The number of halogens is 1. The number of hydrogen-bond donors (Lipinski definition) is 1. The third-order valence-electron chi connectivity index (χ3n) is 4.25. The van der Waals surface area contributed by atoms with Crippen LogP contribution in [0.25, 0.3) is 0 Å². The molecule has 2 amide bonds. The summed E-state index contributed by atoms with van der Waals surface area (Å²) < 4.78 is 5.13. The molecule has 1 heterocycles. The van der Waals surface area contributed by atoms with Crippen molar-refractivity contribution in [2.45, 2.75) is 6.42 Å². The topological polar surface area (TPSA) is 58.6 Å². The minimum Gasteiger partial charge on any atom is -0.497 e. The maximum absolute atomic E-state index is 12.3. The average Bonchev–Trinajstić information content (AvgIpc) is 3.01. The molecule has 0 aliphatic carbocycles. The van der Waals surface area contributed by atoms with Crippen molar-refractivity contribution >= 4 is 29.1 Å². The molecule has 6 heteroatoms. The maximum atomic E-state index is 12.3. The number of hydrogen-bond acceptors (Lipinski definition) is 3. The number of nitrogens with one attached hydrogen (secondary N) is 1. The highest BCUT2D eigenvalue weighted by Crippen LogP contribution is 2.26. The summed E-state index contributed by atoms with van der Waals surface area (Å²) in [6.45, 7) is 1.05. The number of benzene rings is 2. The molecule has 1 aliphatic heterocycles. The van der Waals surface area contributed by atoms with E-state index < -0.39 is 0 Å². The lowest BCUT2D eigenvalue weighted by Gasteiger charge is -2.17. The van der Waals surface area contributed by atoms with Gasteiger partial charge in [-0.2, -0.15) is 0 Å². The minimum absolute atomic E-state index is 0.0657. The van der Waals surface area contributed by atoms with Gasteiger partial charge in [0, 0.05) is 41.7 Å². The Morgan fingerprint density at radius 1 is 1.20 bits per heavy atom. The SMILES string of the molecule is COc1ccc(N2CC(CNC(=O)c3ccc(Cl)cc3)CC2=O)cc1. The van der Waals surface area contributed by atoms with E-state index in [1.54, 1.807) is 36.3 Å². The van der Waals surface area contributed by atoms with Gasteiger partial charge >= 0.3 is 0 Å². The smallest absolute Gasteiger partial charge is 0.251 e. The van der Waals surface area contributed by atoms with Crippen molar-refractivity contribution in [3.8, 4) is 5.75 Å². The molecule has 3 rings (SSSR count). The third kappa shape index (κ3) is 4.12. The van der Waals surface area contributed by atoms with Crippen LogP contribution in [0.5, 0.6) is 5.75 Å². The Bertz CT molecular complexity index is 759. The molecule has 0 aromatic heterocycles. The Balaban J connectivity index is 1.57. The van der Waals surface area contributed by atoms with Crippen LogP contribution in [0.15, 0.2) is 48.5 Å². The van der Waals surface area contributed by atoms with Gasteiger partial charge in [-0.05, 0) is 48.5 Å². The van der Waals surface area contributed by atoms with E-state index in [-0.39, 0.29) is 17.7 Å². The molecular formula is C19H19ClN2O3. The molecule has 1 N–H and O–H groups in total. The molecule has 25 heavy (non-hydrogen) atoms. The van der Waals surface area contributed by atoms with Crippen LogP contribution in [-0.4, -0.2) is 32.0 Å². The fraction of sp³-hybridized carbons (Fsp3) is 0.263. The van der Waals surface area contributed by atoms with Crippen molar-refractivity contribution in [1.82, 2.24) is 5.32 Å². The van der Waals surface area contributed by atoms with Gasteiger partial charge in [0.1, 0.15) is 5.75 Å². The first kappa shape index (κ1) is 17.3. The zero-order valence-corrected chi connectivity index (χ0v) is 14.6. The first-order chi connectivity index (χ1) is 12.1. The minimum atomic E-state index is -0.160. The van der Waals surface area contributed by atoms with Crippen LogP contribution in [0.3, 0.4) is 0 Å². The quantitative estimate of drug-likeness (QED) is 0.893. The summed E-state index contributed by atoms with van der Waals surface area (Å²) in [5.74, 6) is 0.746. The van der Waals surface area contributed by atoms with Gasteiger partial charge in [0.25, 0.3) is 5.91 Å². The third-order valence-corrected chi connectivity index (χ3v) is 4.50. The van der Waals surface area contributed by atoms with Crippen LogP contribution < -0.4 is 15.0 Å². The summed E-state index contributed by atoms with van der Waals surface area (Å²) in [5, 5.41) is 3.48. The van der Waals surface area contributed by atoms with E-state index in [9.17, 15) is 9.59 Å². The normalized spacial score (nSPS) is 16.8. The molecular weight excluding hydrogens is 340 g/mol. The summed E-state index contributed by atoms with van der Waals surface area (Å²) in [6, 6.07) is 14.1. The molecule has 1 aliphatic rings. The van der Waals surface area contributed by atoms with Crippen molar-refractivity contribution in [2.75, 3.05) is 25.1 Å². The van der Waals surface area contributed by atoms with E-state index in [4.69, 9.17) is 16.3 Å². The number of carbonyl (C=O) groups is 2. The lowest BCUT2D eigenvalue weighted by Crippen LogP contribution is -2.31. The van der Waals surface area contributed by atoms with Gasteiger partial charge in [-0.15, -0.1) is 0 Å². The van der Waals surface area contributed by atoms with Crippen molar-refractivity contribution in [1.29, 1.82) is 0 Å². The van der Waals surface area contributed by atoms with Gasteiger partial charge in [-0.1, -0.05) is 11.6 Å². The molecule has 130 valence electrons. The van der Waals surface area contributed by atoms with E-state index in [0.29, 0.717) is 30.1 Å². The van der Waals surface area contributed by atoms with Crippen molar-refractivity contribution in [2.24, 2.45) is 5.92 Å². The van der Waals surface area contributed by atoms with Crippen molar-refractivity contribution in [3.05, 3.63) is 59.1 Å². The molecule has 0 radical (unpaired) electrons. The molecule has 0 spiro atoms. The standard InChI is InChI=1S/C19H19ClN2O3/c1-25-17-8-6-16(7-9-17)22-12-13(10-18(22)23)11-21-19(24)14-2-4-15(20)5-3-14/h2-9,13H,10-12H2,1H3,(H,21,24). The Labute approximate surface area is 151 Å². The molecule has 2 aromatic carbocycles. The highest BCUT2D eigenvalue weighted by Gasteiger charge is 2.30. The van der Waals surface area contributed by atoms with E-state index in [2.05, 4.69) is 5.32 Å². The van der Waals surface area contributed by atoms with Gasteiger partial charge < -0.3 is 15.0 Å². The number of anilines is 1. The second-order valence-corrected chi connectivity index (χ2v) is 6.43. The average molecular weight is 359 g/mol. The predicted molar refractivity (Wildman–Crippen MR) is 97.2 cm³/mol. The second kappa shape index (κ2) is 7.57. The van der Waals surface area contributed by atoms with Gasteiger partial charge in [0.2, 0.25) is 5.91 Å². The Morgan fingerprint density at radius 3 is 2.52 bits per heavy atom. The zero-order chi connectivity index (χ0) is 17.8. The lowest BCUT2D eigenvalue weighted by molar-refractivity contribution is -0.117. The number of carbonyl (C=O) groups excluding carboxylic acids is 2. The summed E-state index contributed by atoms with van der Waals surface area (Å²) in [6.07, 6.45) is 0.424. The highest BCUT2D eigenvalue weighted by molar-refractivity contribution is 6.30. The molecule has 2 aromatic rings. The molecule has 1 unspecified atom stereocenters. The second-order valence-electron chi connectivity index (χ2n) is 5.99. The number of amides is 2. The Morgan fingerprint density at radius 2 is 1.88 bits per heavy atom. The largest absolute Gasteiger partial charge is 0.497 e. The molecule has 5 nitrogen and oxygen atoms in total. The lowest BCUT2D eigenvalue weighted by atomic mass is 10.1. The van der Waals surface area contributed by atoms with Crippen molar-refractivity contribution in [3.63, 3.8) is 0 Å². The van der Waals surface area contributed by atoms with Crippen LogP contribution >= 0.6 is 11.6 Å². The van der Waals surface area contributed by atoms with Crippen LogP contribution in [0, 0.1) is 5.92 Å². The van der Waals surface area contributed by atoms with Crippen LogP contribution in [-0.2, 0) is 4.79 Å². The molecule has 0 saturated carbocycles. The summed E-state index contributed by atoms with van der Waals surface area (Å²) >= 11 is 5.82. The summed E-state index contributed by atoms with van der Waals surface area (Å²) in [4.78, 5) is 26.2. The monoisotopic (exact) mass is 358 g/mol. The summed E-state index contributed by atoms with van der Waals surface area (Å²) in [7, 11) is 1.61. The predicted octanol–water partition coefficient (Wildman–Crippen LogP) is 3.13. The molecule has 1 saturated heterocycles.